The van der Waals surface area contributed by atoms with E-state index < -0.39 is 29.2 Å². The van der Waals surface area contributed by atoms with E-state index in [0.29, 0.717) is 6.07 Å². The highest BCUT2D eigenvalue weighted by molar-refractivity contribution is 6.01. The lowest BCUT2D eigenvalue weighted by atomic mass is 9.99. The molecule has 7 heteroatoms. The third kappa shape index (κ3) is 1.83. The summed E-state index contributed by atoms with van der Waals surface area (Å²) in [4.78, 5) is 21.9. The van der Waals surface area contributed by atoms with Gasteiger partial charge in [0.15, 0.2) is 0 Å². The van der Waals surface area contributed by atoms with Crippen molar-refractivity contribution in [1.82, 2.24) is 5.32 Å². The second-order valence-corrected chi connectivity index (χ2v) is 3.54. The molecule has 1 amide bonds. The van der Waals surface area contributed by atoms with Crippen LogP contribution in [0.2, 0.25) is 0 Å². The number of carboxylic acid groups (broad SMARTS) is 1. The Hall–Kier alpha value is -2.05. The fourth-order valence-electron chi connectivity index (χ4n) is 1.71. The van der Waals surface area contributed by atoms with Gasteiger partial charge < -0.3 is 10.4 Å². The second-order valence-electron chi connectivity index (χ2n) is 3.54. The number of carbonyl (C=O) groups is 2. The summed E-state index contributed by atoms with van der Waals surface area (Å²) in [6.45, 7) is -0.233. The lowest BCUT2D eigenvalue weighted by molar-refractivity contribution is -0.138. The lowest BCUT2D eigenvalue weighted by Crippen LogP contribution is -2.12. The van der Waals surface area contributed by atoms with E-state index in [0.717, 1.165) is 6.07 Å². The van der Waals surface area contributed by atoms with Gasteiger partial charge in [-0.3, -0.25) is 4.79 Å². The van der Waals surface area contributed by atoms with Crippen LogP contribution in [0, 0.1) is 0 Å². The zero-order chi connectivity index (χ0) is 12.8. The summed E-state index contributed by atoms with van der Waals surface area (Å²) >= 11 is 0. The number of fused-ring (bicyclic) bond motifs is 1. The zero-order valence-electron chi connectivity index (χ0n) is 8.26. The third-order valence-corrected chi connectivity index (χ3v) is 2.47. The number of nitrogens with one attached hydrogen (secondary N) is 1. The van der Waals surface area contributed by atoms with E-state index in [2.05, 4.69) is 5.32 Å². The lowest BCUT2D eigenvalue weighted by Gasteiger charge is -2.11. The summed E-state index contributed by atoms with van der Waals surface area (Å²) in [6, 6.07) is 1.50. The van der Waals surface area contributed by atoms with Gasteiger partial charge in [0.2, 0.25) is 0 Å². The molecule has 0 radical (unpaired) electrons. The first-order valence-electron chi connectivity index (χ1n) is 4.56. The Bertz CT molecular complexity index is 522. The molecule has 17 heavy (non-hydrogen) atoms. The van der Waals surface area contributed by atoms with Crippen LogP contribution in [0.25, 0.3) is 0 Å². The van der Waals surface area contributed by atoms with Gasteiger partial charge in [-0.15, -0.1) is 0 Å². The van der Waals surface area contributed by atoms with Crippen LogP contribution >= 0.6 is 0 Å². The maximum absolute atomic E-state index is 12.7. The number of hydrogen-bond donors (Lipinski definition) is 2. The highest BCUT2D eigenvalue weighted by atomic mass is 19.4. The maximum Gasteiger partial charge on any atom is 0.416 e. The highest BCUT2D eigenvalue weighted by Crippen LogP contribution is 2.36. The summed E-state index contributed by atoms with van der Waals surface area (Å²) in [5, 5.41) is 10.9. The van der Waals surface area contributed by atoms with Crippen molar-refractivity contribution in [2.24, 2.45) is 0 Å². The molecule has 0 spiro atoms. The molecule has 2 N–H and O–H groups in total. The number of hydrogen-bond acceptors (Lipinski definition) is 2. The normalized spacial score (nSPS) is 14.4. The van der Waals surface area contributed by atoms with E-state index in [1.165, 1.54) is 0 Å². The molecule has 1 aliphatic heterocycles. The molecular weight excluding hydrogens is 239 g/mol. The summed E-state index contributed by atoms with van der Waals surface area (Å²) in [5.74, 6) is -2.19. The Kier molecular flexibility index (Phi) is 2.34. The maximum atomic E-state index is 12.7. The molecule has 0 aliphatic carbocycles. The van der Waals surface area contributed by atoms with E-state index in [4.69, 9.17) is 5.11 Å². The molecule has 0 unspecified atom stereocenters. The molecule has 1 heterocycles. The summed E-state index contributed by atoms with van der Waals surface area (Å²) < 4.78 is 38.0. The van der Waals surface area contributed by atoms with Crippen molar-refractivity contribution in [3.8, 4) is 0 Å². The average molecular weight is 245 g/mol. The Labute approximate surface area is 93.0 Å². The van der Waals surface area contributed by atoms with Gasteiger partial charge in [0.05, 0.1) is 11.1 Å². The molecule has 1 aliphatic rings. The van der Waals surface area contributed by atoms with Gasteiger partial charge in [-0.25, -0.2) is 4.79 Å². The molecule has 0 bridgehead atoms. The Balaban J connectivity index is 2.71. The molecule has 0 saturated carbocycles. The minimum absolute atomic E-state index is 0.201. The van der Waals surface area contributed by atoms with Crippen molar-refractivity contribution in [3.63, 3.8) is 0 Å². The van der Waals surface area contributed by atoms with Gasteiger partial charge in [-0.1, -0.05) is 0 Å². The predicted octanol–water partition coefficient (Wildman–Crippen LogP) is 1.65. The Morgan fingerprint density at radius 3 is 2.53 bits per heavy atom. The number of rotatable bonds is 1. The van der Waals surface area contributed by atoms with Crippen LogP contribution in [0.15, 0.2) is 12.1 Å². The van der Waals surface area contributed by atoms with Crippen molar-refractivity contribution >= 4 is 11.9 Å². The quantitative estimate of drug-likeness (QED) is 0.790. The molecule has 0 aromatic heterocycles. The summed E-state index contributed by atoms with van der Waals surface area (Å²) in [6.07, 6.45) is -4.68. The number of halogens is 3. The van der Waals surface area contributed by atoms with Gasteiger partial charge in [0.25, 0.3) is 5.91 Å². The highest BCUT2D eigenvalue weighted by Gasteiger charge is 2.38. The van der Waals surface area contributed by atoms with Crippen molar-refractivity contribution in [3.05, 3.63) is 34.4 Å². The fraction of sp³-hybridized carbons (Fsp3) is 0.200. The first-order valence-corrected chi connectivity index (χ1v) is 4.56. The number of carboxylic acids is 1. The minimum atomic E-state index is -4.68. The van der Waals surface area contributed by atoms with Crippen LogP contribution < -0.4 is 5.32 Å². The van der Waals surface area contributed by atoms with E-state index in [1.54, 1.807) is 0 Å². The van der Waals surface area contributed by atoms with Gasteiger partial charge in [0.1, 0.15) is 0 Å². The van der Waals surface area contributed by atoms with Crippen LogP contribution in [-0.4, -0.2) is 17.0 Å². The van der Waals surface area contributed by atoms with Crippen molar-refractivity contribution in [2.75, 3.05) is 0 Å². The van der Waals surface area contributed by atoms with Crippen LogP contribution in [0.4, 0.5) is 13.2 Å². The van der Waals surface area contributed by atoms with E-state index in [-0.39, 0.29) is 17.7 Å². The Morgan fingerprint density at radius 2 is 2.00 bits per heavy atom. The number of amides is 1. The minimum Gasteiger partial charge on any atom is -0.478 e. The van der Waals surface area contributed by atoms with E-state index in [9.17, 15) is 22.8 Å². The standard InChI is InChI=1S/C10H6F3NO3/c11-10(12,13)7-2-4(9(16)17)1-5-6(7)3-14-8(5)15/h1-2H,3H2,(H,14,15)(H,16,17). The molecule has 90 valence electrons. The number of alkyl halides is 3. The molecular formula is C10H6F3NO3. The first-order chi connectivity index (χ1) is 7.80. The first kappa shape index (κ1) is 11.4. The molecule has 0 atom stereocenters. The van der Waals surface area contributed by atoms with Gasteiger partial charge in [-0.05, 0) is 17.7 Å². The monoisotopic (exact) mass is 245 g/mol. The summed E-state index contributed by atoms with van der Waals surface area (Å²) in [5.41, 5.74) is -2.05. The number of carbonyl (C=O) groups excluding carboxylic acids is 1. The van der Waals surface area contributed by atoms with E-state index >= 15 is 0 Å². The van der Waals surface area contributed by atoms with Gasteiger partial charge >= 0.3 is 12.1 Å². The topological polar surface area (TPSA) is 66.4 Å². The van der Waals surface area contributed by atoms with Gasteiger partial charge in [0, 0.05) is 12.1 Å². The molecule has 0 saturated heterocycles. The van der Waals surface area contributed by atoms with Gasteiger partial charge in [-0.2, -0.15) is 13.2 Å². The van der Waals surface area contributed by atoms with Crippen LogP contribution in [0.3, 0.4) is 0 Å². The summed E-state index contributed by atoms with van der Waals surface area (Å²) in [7, 11) is 0. The fourth-order valence-corrected chi connectivity index (χ4v) is 1.71. The van der Waals surface area contributed by atoms with Crippen LogP contribution in [-0.2, 0) is 12.7 Å². The van der Waals surface area contributed by atoms with E-state index in [1.807, 2.05) is 0 Å². The zero-order valence-corrected chi connectivity index (χ0v) is 8.26. The molecule has 4 nitrogen and oxygen atoms in total. The SMILES string of the molecule is O=C(O)c1cc2c(c(C(F)(F)F)c1)CNC2=O. The molecule has 2 rings (SSSR count). The van der Waals surface area contributed by atoms with Crippen LogP contribution in [0.5, 0.6) is 0 Å². The molecule has 0 fully saturated rings. The predicted molar refractivity (Wildman–Crippen MR) is 49.6 cm³/mol. The van der Waals surface area contributed by atoms with Crippen molar-refractivity contribution in [2.45, 2.75) is 12.7 Å². The van der Waals surface area contributed by atoms with Crippen molar-refractivity contribution in [1.29, 1.82) is 0 Å². The van der Waals surface area contributed by atoms with Crippen LogP contribution in [0.1, 0.15) is 31.8 Å². The molecule has 1 aromatic rings. The third-order valence-electron chi connectivity index (χ3n) is 2.47. The number of benzene rings is 1. The largest absolute Gasteiger partial charge is 0.478 e. The Morgan fingerprint density at radius 1 is 1.35 bits per heavy atom. The number of aromatic carboxylic acids is 1. The molecule has 1 aromatic carbocycles. The second kappa shape index (κ2) is 3.47. The smallest absolute Gasteiger partial charge is 0.416 e. The van der Waals surface area contributed by atoms with Crippen molar-refractivity contribution < 1.29 is 27.9 Å². The average Bonchev–Trinajstić information content (AvgIpc) is 2.58.